The number of primary amides is 1. The van der Waals surface area contributed by atoms with Crippen LogP contribution in [0.15, 0.2) is 12.1 Å². The molecule has 1 aromatic rings. The average molecular weight is 282 g/mol. The van der Waals surface area contributed by atoms with Gasteiger partial charge in [-0.3, -0.25) is 4.79 Å². The number of nitrogen functional groups attached to an aromatic ring is 1. The molecule has 1 rings (SSSR count). The van der Waals surface area contributed by atoms with Crippen molar-refractivity contribution in [1.29, 1.82) is 0 Å². The van der Waals surface area contributed by atoms with Gasteiger partial charge in [0.1, 0.15) is 5.69 Å². The highest BCUT2D eigenvalue weighted by molar-refractivity contribution is 5.91. The minimum absolute atomic E-state index is 0.0353. The maximum absolute atomic E-state index is 11.2. The summed E-state index contributed by atoms with van der Waals surface area (Å²) in [5, 5.41) is 0. The molecule has 0 aromatic carbocycles. The van der Waals surface area contributed by atoms with Crippen molar-refractivity contribution in [3.8, 4) is 0 Å². The second kappa shape index (κ2) is 7.66. The minimum atomic E-state index is -0.586. The van der Waals surface area contributed by atoms with Crippen molar-refractivity contribution in [2.75, 3.05) is 44.6 Å². The lowest BCUT2D eigenvalue weighted by molar-refractivity contribution is 0.0995. The number of pyridine rings is 1. The summed E-state index contributed by atoms with van der Waals surface area (Å²) in [5.74, 6) is -0.0692. The van der Waals surface area contributed by atoms with Gasteiger partial charge in [-0.25, -0.2) is 4.98 Å². The second-order valence-corrected chi connectivity index (χ2v) is 4.46. The van der Waals surface area contributed by atoms with Crippen LogP contribution in [-0.4, -0.2) is 50.9 Å². The lowest BCUT2D eigenvalue weighted by Crippen LogP contribution is -2.40. The third kappa shape index (κ3) is 4.07. The third-order valence-corrected chi connectivity index (χ3v) is 2.91. The molecule has 0 bridgehead atoms. The van der Waals surface area contributed by atoms with Crippen LogP contribution in [0, 0.1) is 0 Å². The Hall–Kier alpha value is -1.86. The normalized spacial score (nSPS) is 12.2. The van der Waals surface area contributed by atoms with E-state index in [1.165, 1.54) is 6.07 Å². The van der Waals surface area contributed by atoms with Crippen LogP contribution < -0.4 is 16.4 Å². The smallest absolute Gasteiger partial charge is 0.267 e. The second-order valence-electron chi connectivity index (χ2n) is 4.46. The van der Waals surface area contributed by atoms with Gasteiger partial charge in [-0.15, -0.1) is 0 Å². The number of amides is 1. The van der Waals surface area contributed by atoms with Gasteiger partial charge >= 0.3 is 0 Å². The number of carbonyl (C=O) groups is 1. The van der Waals surface area contributed by atoms with Gasteiger partial charge in [-0.05, 0) is 19.1 Å². The van der Waals surface area contributed by atoms with Gasteiger partial charge in [0.25, 0.3) is 5.91 Å². The van der Waals surface area contributed by atoms with Gasteiger partial charge < -0.3 is 25.8 Å². The number of anilines is 2. The molecule has 0 saturated heterocycles. The van der Waals surface area contributed by atoms with E-state index >= 15 is 0 Å². The van der Waals surface area contributed by atoms with Crippen molar-refractivity contribution in [2.45, 2.75) is 13.0 Å². The first kappa shape index (κ1) is 16.2. The van der Waals surface area contributed by atoms with E-state index in [1.54, 1.807) is 20.3 Å². The highest BCUT2D eigenvalue weighted by Crippen LogP contribution is 2.23. The SMILES string of the molecule is COCCN(c1nc(C(N)=O)ccc1N)C(C)COC. The molecule has 4 N–H and O–H groups in total. The largest absolute Gasteiger partial charge is 0.396 e. The van der Waals surface area contributed by atoms with E-state index < -0.39 is 5.91 Å². The molecule has 0 aliphatic heterocycles. The maximum atomic E-state index is 11.2. The number of ether oxygens (including phenoxy) is 2. The average Bonchev–Trinajstić information content (AvgIpc) is 2.41. The van der Waals surface area contributed by atoms with Crippen LogP contribution in [0.5, 0.6) is 0 Å². The molecule has 0 aliphatic rings. The first-order valence-electron chi connectivity index (χ1n) is 6.32. The summed E-state index contributed by atoms with van der Waals surface area (Å²) in [6.07, 6.45) is 0. The van der Waals surface area contributed by atoms with E-state index in [2.05, 4.69) is 4.98 Å². The molecule has 1 amide bonds. The van der Waals surface area contributed by atoms with Crippen LogP contribution in [0.2, 0.25) is 0 Å². The van der Waals surface area contributed by atoms with E-state index in [1.807, 2.05) is 11.8 Å². The highest BCUT2D eigenvalue weighted by Gasteiger charge is 2.19. The molecular weight excluding hydrogens is 260 g/mol. The first-order valence-corrected chi connectivity index (χ1v) is 6.32. The van der Waals surface area contributed by atoms with Crippen molar-refractivity contribution in [3.63, 3.8) is 0 Å². The lowest BCUT2D eigenvalue weighted by atomic mass is 10.2. The van der Waals surface area contributed by atoms with Gasteiger partial charge in [-0.2, -0.15) is 0 Å². The molecule has 0 saturated carbocycles. The Labute approximate surface area is 118 Å². The van der Waals surface area contributed by atoms with E-state index in [4.69, 9.17) is 20.9 Å². The Morgan fingerprint density at radius 2 is 2.10 bits per heavy atom. The predicted octanol–water partition coefficient (Wildman–Crippen LogP) is 0.250. The molecule has 0 spiro atoms. The van der Waals surface area contributed by atoms with Crippen molar-refractivity contribution >= 4 is 17.4 Å². The molecule has 7 nitrogen and oxygen atoms in total. The Balaban J connectivity index is 3.10. The summed E-state index contributed by atoms with van der Waals surface area (Å²) in [4.78, 5) is 17.4. The molecule has 1 unspecified atom stereocenters. The molecule has 1 atom stereocenters. The van der Waals surface area contributed by atoms with Crippen molar-refractivity contribution in [2.24, 2.45) is 5.73 Å². The van der Waals surface area contributed by atoms with Crippen LogP contribution >= 0.6 is 0 Å². The Bertz CT molecular complexity index is 453. The summed E-state index contributed by atoms with van der Waals surface area (Å²) in [6, 6.07) is 3.17. The molecule has 0 aliphatic carbocycles. The summed E-state index contributed by atoms with van der Waals surface area (Å²) >= 11 is 0. The van der Waals surface area contributed by atoms with E-state index in [9.17, 15) is 4.79 Å². The minimum Gasteiger partial charge on any atom is -0.396 e. The predicted molar refractivity (Wildman–Crippen MR) is 77.7 cm³/mol. The van der Waals surface area contributed by atoms with Crippen LogP contribution in [0.4, 0.5) is 11.5 Å². The molecule has 1 heterocycles. The monoisotopic (exact) mass is 282 g/mol. The number of methoxy groups -OCH3 is 2. The van der Waals surface area contributed by atoms with Gasteiger partial charge in [0.05, 0.1) is 24.9 Å². The quantitative estimate of drug-likeness (QED) is 0.708. The summed E-state index contributed by atoms with van der Waals surface area (Å²) in [5.41, 5.74) is 11.9. The Morgan fingerprint density at radius 1 is 1.40 bits per heavy atom. The van der Waals surface area contributed by atoms with Gasteiger partial charge in [-0.1, -0.05) is 0 Å². The molecule has 1 aromatic heterocycles. The fourth-order valence-electron chi connectivity index (χ4n) is 1.88. The zero-order valence-corrected chi connectivity index (χ0v) is 12.1. The lowest BCUT2D eigenvalue weighted by Gasteiger charge is -2.30. The third-order valence-electron chi connectivity index (χ3n) is 2.91. The number of aromatic nitrogens is 1. The Morgan fingerprint density at radius 3 is 2.65 bits per heavy atom. The van der Waals surface area contributed by atoms with Crippen molar-refractivity contribution in [1.82, 2.24) is 4.98 Å². The maximum Gasteiger partial charge on any atom is 0.267 e. The van der Waals surface area contributed by atoms with Crippen LogP contribution in [0.25, 0.3) is 0 Å². The fraction of sp³-hybridized carbons (Fsp3) is 0.538. The number of rotatable bonds is 8. The topological polar surface area (TPSA) is 104 Å². The van der Waals surface area contributed by atoms with Gasteiger partial charge in [0.15, 0.2) is 5.82 Å². The summed E-state index contributed by atoms with van der Waals surface area (Å²) < 4.78 is 10.3. The molecule has 0 radical (unpaired) electrons. The number of nitrogens with two attached hydrogens (primary N) is 2. The van der Waals surface area contributed by atoms with Gasteiger partial charge in [0, 0.05) is 20.8 Å². The van der Waals surface area contributed by atoms with Gasteiger partial charge in [0.2, 0.25) is 0 Å². The highest BCUT2D eigenvalue weighted by atomic mass is 16.5. The molecule has 112 valence electrons. The molecule has 20 heavy (non-hydrogen) atoms. The zero-order chi connectivity index (χ0) is 15.1. The fourth-order valence-corrected chi connectivity index (χ4v) is 1.88. The van der Waals surface area contributed by atoms with E-state index in [-0.39, 0.29) is 11.7 Å². The Kier molecular flexibility index (Phi) is 6.20. The summed E-state index contributed by atoms with van der Waals surface area (Å²) in [7, 11) is 3.25. The van der Waals surface area contributed by atoms with Crippen molar-refractivity contribution < 1.29 is 14.3 Å². The molecular formula is C13H22N4O3. The molecule has 0 fully saturated rings. The zero-order valence-electron chi connectivity index (χ0n) is 12.1. The van der Waals surface area contributed by atoms with Crippen LogP contribution in [-0.2, 0) is 9.47 Å². The first-order chi connectivity index (χ1) is 9.51. The number of hydrogen-bond acceptors (Lipinski definition) is 6. The number of carbonyl (C=O) groups excluding carboxylic acids is 1. The van der Waals surface area contributed by atoms with Crippen LogP contribution in [0.3, 0.4) is 0 Å². The summed E-state index contributed by atoms with van der Waals surface area (Å²) in [6.45, 7) is 3.58. The standard InChI is InChI=1S/C13H22N4O3/c1-9(8-20-3)17(6-7-19-2)13-10(14)4-5-11(16-13)12(15)18/h4-5,9H,6-8,14H2,1-3H3,(H2,15,18). The van der Waals surface area contributed by atoms with Crippen molar-refractivity contribution in [3.05, 3.63) is 17.8 Å². The number of hydrogen-bond donors (Lipinski definition) is 2. The number of nitrogens with zero attached hydrogens (tertiary/aromatic N) is 2. The molecule has 7 heteroatoms. The van der Waals surface area contributed by atoms with E-state index in [0.717, 1.165) is 0 Å². The van der Waals surface area contributed by atoms with E-state index in [0.29, 0.717) is 31.3 Å². The van der Waals surface area contributed by atoms with Crippen LogP contribution in [0.1, 0.15) is 17.4 Å².